The third-order valence-corrected chi connectivity index (χ3v) is 4.01. The first kappa shape index (κ1) is 13.2. The van der Waals surface area contributed by atoms with Crippen LogP contribution in [0.5, 0.6) is 0 Å². The van der Waals surface area contributed by atoms with E-state index < -0.39 is 5.92 Å². The number of rotatable bonds is 2. The number of allylic oxidation sites excluding steroid dienone is 1. The van der Waals surface area contributed by atoms with Crippen LogP contribution in [-0.2, 0) is 6.42 Å². The summed E-state index contributed by atoms with van der Waals surface area (Å²) in [5, 5.41) is 26.9. The van der Waals surface area contributed by atoms with Gasteiger partial charge in [-0.2, -0.15) is 10.5 Å². The molecule has 94 valence electrons. The molecule has 0 saturated carbocycles. The maximum atomic E-state index is 9.23. The summed E-state index contributed by atoms with van der Waals surface area (Å²) in [6, 6.07) is 13.9. The molecule has 0 bridgehead atoms. The largest absolute Gasteiger partial charge is 0.392 e. The molecule has 2 rings (SSSR count). The van der Waals surface area contributed by atoms with Gasteiger partial charge >= 0.3 is 0 Å². The van der Waals surface area contributed by atoms with Crippen LogP contribution in [0.2, 0.25) is 0 Å². The molecule has 0 amide bonds. The lowest BCUT2D eigenvalue weighted by Gasteiger charge is -2.27. The van der Waals surface area contributed by atoms with Crippen LogP contribution in [0.3, 0.4) is 0 Å². The van der Waals surface area contributed by atoms with Crippen molar-refractivity contribution in [2.45, 2.75) is 6.42 Å². The van der Waals surface area contributed by atoms with Crippen LogP contribution in [0.15, 0.2) is 40.9 Å². The highest BCUT2D eigenvalue weighted by molar-refractivity contribution is 8.17. The van der Waals surface area contributed by atoms with Crippen LogP contribution < -0.4 is 5.73 Å². The van der Waals surface area contributed by atoms with Gasteiger partial charge in [-0.15, -0.1) is 0 Å². The van der Waals surface area contributed by atoms with Gasteiger partial charge < -0.3 is 5.73 Å². The number of nitriles is 2. The van der Waals surface area contributed by atoms with Crippen molar-refractivity contribution in [2.75, 3.05) is 0 Å². The van der Waals surface area contributed by atoms with Crippen molar-refractivity contribution >= 4 is 16.8 Å². The molecule has 0 unspecified atom stereocenters. The van der Waals surface area contributed by atoms with Gasteiger partial charge in [0.2, 0.25) is 0 Å². The molecule has 1 aromatic carbocycles. The first-order chi connectivity index (χ1) is 9.17. The zero-order chi connectivity index (χ0) is 13.8. The number of thioether (sulfide) groups is 1. The molecule has 19 heavy (non-hydrogen) atoms. The Hall–Kier alpha value is -2.24. The van der Waals surface area contributed by atoms with Gasteiger partial charge in [0.05, 0.1) is 27.8 Å². The van der Waals surface area contributed by atoms with E-state index >= 15 is 0 Å². The van der Waals surface area contributed by atoms with Crippen molar-refractivity contribution in [3.8, 4) is 12.1 Å². The van der Waals surface area contributed by atoms with E-state index in [2.05, 4.69) is 12.1 Å². The Balaban J connectivity index is 2.38. The third-order valence-electron chi connectivity index (χ3n) is 3.10. The summed E-state index contributed by atoms with van der Waals surface area (Å²) in [7, 11) is 0. The topological polar surface area (TPSA) is 97.4 Å². The van der Waals surface area contributed by atoms with E-state index in [4.69, 9.17) is 11.1 Å². The van der Waals surface area contributed by atoms with Gasteiger partial charge in [-0.3, -0.25) is 5.41 Å². The summed E-state index contributed by atoms with van der Waals surface area (Å²) in [6.45, 7) is 0. The summed E-state index contributed by atoms with van der Waals surface area (Å²) < 4.78 is 0. The molecule has 0 aliphatic carbocycles. The summed E-state index contributed by atoms with van der Waals surface area (Å²) in [4.78, 5) is 0. The highest BCUT2D eigenvalue weighted by Crippen LogP contribution is 2.38. The van der Waals surface area contributed by atoms with Crippen molar-refractivity contribution in [3.63, 3.8) is 0 Å². The minimum atomic E-state index is -0.591. The Bertz CT molecular complexity index is 607. The van der Waals surface area contributed by atoms with E-state index in [1.165, 1.54) is 0 Å². The molecule has 5 heteroatoms. The minimum Gasteiger partial charge on any atom is -0.392 e. The monoisotopic (exact) mass is 268 g/mol. The van der Waals surface area contributed by atoms with Crippen molar-refractivity contribution in [1.29, 1.82) is 15.9 Å². The van der Waals surface area contributed by atoms with Crippen molar-refractivity contribution in [3.05, 3.63) is 46.5 Å². The maximum Gasteiger partial charge on any atom is 0.102 e. The smallest absolute Gasteiger partial charge is 0.102 e. The van der Waals surface area contributed by atoms with Crippen LogP contribution in [0.25, 0.3) is 0 Å². The van der Waals surface area contributed by atoms with Crippen LogP contribution >= 0.6 is 11.8 Å². The SMILES string of the molecule is N#CC1=C(N)SC(=N)[C@@H](C#N)[C@H]1Cc1ccccc1. The second kappa shape index (κ2) is 5.60. The predicted octanol–water partition coefficient (Wildman–Crippen LogP) is 2.40. The lowest BCUT2D eigenvalue weighted by Crippen LogP contribution is -2.29. The Morgan fingerprint density at radius 3 is 2.53 bits per heavy atom. The van der Waals surface area contributed by atoms with Crippen molar-refractivity contribution < 1.29 is 0 Å². The molecule has 0 aromatic heterocycles. The molecule has 3 N–H and O–H groups in total. The van der Waals surface area contributed by atoms with E-state index in [1.54, 1.807) is 0 Å². The molecule has 0 fully saturated rings. The first-order valence-corrected chi connectivity index (χ1v) is 6.58. The first-order valence-electron chi connectivity index (χ1n) is 5.77. The zero-order valence-corrected chi connectivity index (χ0v) is 10.9. The van der Waals surface area contributed by atoms with Crippen LogP contribution in [0.1, 0.15) is 5.56 Å². The molecule has 1 aliphatic rings. The molecule has 2 atom stereocenters. The van der Waals surface area contributed by atoms with Gasteiger partial charge in [0, 0.05) is 5.92 Å². The number of nitrogens with two attached hydrogens (primary N) is 1. The Morgan fingerprint density at radius 1 is 1.26 bits per heavy atom. The van der Waals surface area contributed by atoms with E-state index in [0.717, 1.165) is 17.3 Å². The van der Waals surface area contributed by atoms with Gasteiger partial charge in [0.25, 0.3) is 0 Å². The summed E-state index contributed by atoms with van der Waals surface area (Å²) in [5.74, 6) is -0.918. The van der Waals surface area contributed by atoms with E-state index in [1.807, 2.05) is 30.3 Å². The van der Waals surface area contributed by atoms with Gasteiger partial charge in [-0.1, -0.05) is 42.1 Å². The van der Waals surface area contributed by atoms with E-state index in [9.17, 15) is 10.5 Å². The highest BCUT2D eigenvalue weighted by atomic mass is 32.2. The number of hydrogen-bond donors (Lipinski definition) is 2. The fourth-order valence-corrected chi connectivity index (χ4v) is 3.03. The van der Waals surface area contributed by atoms with Gasteiger partial charge in [-0.05, 0) is 12.0 Å². The molecule has 4 nitrogen and oxygen atoms in total. The minimum absolute atomic E-state index is 0.222. The zero-order valence-electron chi connectivity index (χ0n) is 10.1. The van der Waals surface area contributed by atoms with Crippen molar-refractivity contribution in [2.24, 2.45) is 17.6 Å². The normalized spacial score (nSPS) is 22.7. The standard InChI is InChI=1S/C14H12N4S/c15-7-11-10(6-9-4-2-1-3-5-9)12(8-16)14(18)19-13(11)17/h1-5,10-11,17H,6,18H2/t10-,11+/m1/s1. The number of benzene rings is 1. The third kappa shape index (κ3) is 2.62. The molecular weight excluding hydrogens is 256 g/mol. The maximum absolute atomic E-state index is 9.23. The molecule has 0 spiro atoms. The van der Waals surface area contributed by atoms with Gasteiger partial charge in [0.1, 0.15) is 5.92 Å². The quantitative estimate of drug-likeness (QED) is 0.860. The lowest BCUT2D eigenvalue weighted by atomic mass is 9.82. The Labute approximate surface area is 116 Å². The van der Waals surface area contributed by atoms with Crippen LogP contribution in [0, 0.1) is 39.9 Å². The van der Waals surface area contributed by atoms with Gasteiger partial charge in [0.15, 0.2) is 0 Å². The molecule has 0 radical (unpaired) electrons. The lowest BCUT2D eigenvalue weighted by molar-refractivity contribution is 0.565. The fraction of sp³-hybridized carbons (Fsp3) is 0.214. The average molecular weight is 268 g/mol. The van der Waals surface area contributed by atoms with Crippen LogP contribution in [0.4, 0.5) is 0 Å². The number of nitrogens with one attached hydrogen (secondary N) is 1. The molecule has 1 aliphatic heterocycles. The Morgan fingerprint density at radius 2 is 1.95 bits per heavy atom. The van der Waals surface area contributed by atoms with Crippen LogP contribution in [-0.4, -0.2) is 5.04 Å². The summed E-state index contributed by atoms with van der Waals surface area (Å²) >= 11 is 1.02. The second-order valence-electron chi connectivity index (χ2n) is 4.26. The Kier molecular flexibility index (Phi) is 3.89. The molecule has 1 aromatic rings. The van der Waals surface area contributed by atoms with E-state index in [0.29, 0.717) is 17.0 Å². The summed E-state index contributed by atoms with van der Waals surface area (Å²) in [6.07, 6.45) is 0.547. The second-order valence-corrected chi connectivity index (χ2v) is 5.34. The number of nitrogens with zero attached hydrogens (tertiary/aromatic N) is 2. The van der Waals surface area contributed by atoms with Crippen molar-refractivity contribution in [1.82, 2.24) is 0 Å². The predicted molar refractivity (Wildman–Crippen MR) is 74.9 cm³/mol. The molecular formula is C14H12N4S. The van der Waals surface area contributed by atoms with E-state index in [-0.39, 0.29) is 11.0 Å². The van der Waals surface area contributed by atoms with Gasteiger partial charge in [-0.25, -0.2) is 0 Å². The highest BCUT2D eigenvalue weighted by Gasteiger charge is 2.35. The number of hydrogen-bond acceptors (Lipinski definition) is 5. The fourth-order valence-electron chi connectivity index (χ4n) is 2.14. The summed E-state index contributed by atoms with van der Waals surface area (Å²) in [5.41, 5.74) is 7.27. The molecule has 1 heterocycles. The molecule has 0 saturated heterocycles. The average Bonchev–Trinajstić information content (AvgIpc) is 2.40.